The predicted molar refractivity (Wildman–Crippen MR) is 78.0 cm³/mol. The Bertz CT molecular complexity index is 551. The minimum atomic E-state index is 0.141. The van der Waals surface area contributed by atoms with E-state index in [-0.39, 0.29) is 5.91 Å². The molecule has 0 radical (unpaired) electrons. The highest BCUT2D eigenvalue weighted by Gasteiger charge is 2.01. The molecule has 19 heavy (non-hydrogen) atoms. The Morgan fingerprint density at radius 3 is 2.89 bits per heavy atom. The van der Waals surface area contributed by atoms with E-state index in [1.54, 1.807) is 0 Å². The van der Waals surface area contributed by atoms with Crippen LogP contribution in [0.1, 0.15) is 31.9 Å². The van der Waals surface area contributed by atoms with E-state index >= 15 is 0 Å². The van der Waals surface area contributed by atoms with Crippen LogP contribution in [0.15, 0.2) is 36.4 Å². The van der Waals surface area contributed by atoms with Crippen LogP contribution in [-0.2, 0) is 11.2 Å². The molecule has 1 aromatic heterocycles. The molecule has 0 fully saturated rings. The van der Waals surface area contributed by atoms with Crippen LogP contribution in [0.5, 0.6) is 0 Å². The molecule has 3 heteroatoms. The summed E-state index contributed by atoms with van der Waals surface area (Å²) in [5, 5.41) is 4.09. The molecule has 1 amide bonds. The lowest BCUT2D eigenvalue weighted by molar-refractivity contribution is -0.121. The number of carbonyl (C=O) groups is 1. The van der Waals surface area contributed by atoms with Gasteiger partial charge >= 0.3 is 0 Å². The van der Waals surface area contributed by atoms with Crippen LogP contribution in [0.4, 0.5) is 0 Å². The second-order valence-corrected chi connectivity index (χ2v) is 4.70. The normalized spacial score (nSPS) is 10.6. The average Bonchev–Trinajstić information content (AvgIpc) is 2.45. The fourth-order valence-electron chi connectivity index (χ4n) is 2.00. The number of hydrogen-bond acceptors (Lipinski definition) is 2. The van der Waals surface area contributed by atoms with E-state index in [1.807, 2.05) is 24.3 Å². The summed E-state index contributed by atoms with van der Waals surface area (Å²) < 4.78 is 0. The first-order valence-electron chi connectivity index (χ1n) is 6.91. The minimum Gasteiger partial charge on any atom is -0.356 e. The van der Waals surface area contributed by atoms with Gasteiger partial charge in [0.2, 0.25) is 5.91 Å². The molecular formula is C16H20N2O. The van der Waals surface area contributed by atoms with Crippen molar-refractivity contribution in [2.75, 3.05) is 6.54 Å². The third kappa shape index (κ3) is 4.05. The van der Waals surface area contributed by atoms with E-state index in [0.717, 1.165) is 35.9 Å². The number of benzene rings is 1. The number of unbranched alkanes of at least 4 members (excludes halogenated alkanes) is 1. The summed E-state index contributed by atoms with van der Waals surface area (Å²) in [6.07, 6.45) is 3.42. The molecule has 0 saturated carbocycles. The van der Waals surface area contributed by atoms with E-state index in [2.05, 4.69) is 29.4 Å². The molecule has 0 aliphatic rings. The van der Waals surface area contributed by atoms with Crippen molar-refractivity contribution in [2.45, 2.75) is 32.6 Å². The predicted octanol–water partition coefficient (Wildman–Crippen LogP) is 3.08. The Morgan fingerprint density at radius 2 is 2.05 bits per heavy atom. The Kier molecular flexibility index (Phi) is 4.90. The first-order valence-corrected chi connectivity index (χ1v) is 6.91. The maximum absolute atomic E-state index is 11.5. The van der Waals surface area contributed by atoms with Crippen molar-refractivity contribution in [3.05, 3.63) is 42.1 Å². The summed E-state index contributed by atoms with van der Waals surface area (Å²) in [7, 11) is 0. The highest BCUT2D eigenvalue weighted by molar-refractivity contribution is 5.78. The molecule has 0 unspecified atom stereocenters. The van der Waals surface area contributed by atoms with Gasteiger partial charge in [-0.15, -0.1) is 0 Å². The summed E-state index contributed by atoms with van der Waals surface area (Å²) in [5.74, 6) is 0.141. The average molecular weight is 256 g/mol. The van der Waals surface area contributed by atoms with E-state index in [1.165, 1.54) is 0 Å². The molecule has 0 bridgehead atoms. The highest BCUT2D eigenvalue weighted by Crippen LogP contribution is 2.11. The van der Waals surface area contributed by atoms with Crippen molar-refractivity contribution in [3.8, 4) is 0 Å². The first-order chi connectivity index (χ1) is 9.29. The van der Waals surface area contributed by atoms with Crippen molar-refractivity contribution < 1.29 is 4.79 Å². The maximum atomic E-state index is 11.5. The van der Waals surface area contributed by atoms with Crippen LogP contribution >= 0.6 is 0 Å². The number of amides is 1. The van der Waals surface area contributed by atoms with E-state index in [4.69, 9.17) is 0 Å². The summed E-state index contributed by atoms with van der Waals surface area (Å²) in [6.45, 7) is 2.75. The van der Waals surface area contributed by atoms with Gasteiger partial charge in [0.05, 0.1) is 5.52 Å². The van der Waals surface area contributed by atoms with E-state index < -0.39 is 0 Å². The first kappa shape index (κ1) is 13.5. The number of aromatic nitrogens is 1. The SMILES string of the molecule is CCCCC(=O)NCCc1ccc2ccccc2n1. The number of pyridine rings is 1. The molecule has 0 saturated heterocycles. The zero-order chi connectivity index (χ0) is 13.5. The minimum absolute atomic E-state index is 0.141. The molecule has 2 rings (SSSR count). The van der Waals surface area contributed by atoms with Gasteiger partial charge in [-0.3, -0.25) is 9.78 Å². The molecule has 2 aromatic rings. The van der Waals surface area contributed by atoms with Crippen LogP contribution in [0.3, 0.4) is 0 Å². The highest BCUT2D eigenvalue weighted by atomic mass is 16.1. The molecule has 3 nitrogen and oxygen atoms in total. The Balaban J connectivity index is 1.86. The molecule has 1 heterocycles. The molecule has 0 aliphatic heterocycles. The van der Waals surface area contributed by atoms with E-state index in [9.17, 15) is 4.79 Å². The summed E-state index contributed by atoms with van der Waals surface area (Å²) in [5.41, 5.74) is 2.03. The van der Waals surface area contributed by atoms with Crippen molar-refractivity contribution in [2.24, 2.45) is 0 Å². The molecular weight excluding hydrogens is 236 g/mol. The number of nitrogens with one attached hydrogen (secondary N) is 1. The summed E-state index contributed by atoms with van der Waals surface area (Å²) in [6, 6.07) is 12.2. The van der Waals surface area contributed by atoms with Crippen molar-refractivity contribution in [3.63, 3.8) is 0 Å². The molecule has 100 valence electrons. The molecule has 1 aromatic carbocycles. The van der Waals surface area contributed by atoms with Crippen LogP contribution in [0.25, 0.3) is 10.9 Å². The van der Waals surface area contributed by atoms with E-state index in [0.29, 0.717) is 13.0 Å². The molecule has 0 aliphatic carbocycles. The molecule has 1 N–H and O–H groups in total. The van der Waals surface area contributed by atoms with Gasteiger partial charge in [-0.25, -0.2) is 0 Å². The van der Waals surface area contributed by atoms with Crippen LogP contribution in [-0.4, -0.2) is 17.4 Å². The smallest absolute Gasteiger partial charge is 0.220 e. The second-order valence-electron chi connectivity index (χ2n) is 4.70. The number of para-hydroxylation sites is 1. The zero-order valence-electron chi connectivity index (χ0n) is 11.4. The Labute approximate surface area is 114 Å². The van der Waals surface area contributed by atoms with Gasteiger partial charge in [0.25, 0.3) is 0 Å². The van der Waals surface area contributed by atoms with Crippen molar-refractivity contribution >= 4 is 16.8 Å². The maximum Gasteiger partial charge on any atom is 0.220 e. The quantitative estimate of drug-likeness (QED) is 0.863. The van der Waals surface area contributed by atoms with Crippen molar-refractivity contribution in [1.82, 2.24) is 10.3 Å². The lowest BCUT2D eigenvalue weighted by atomic mass is 10.2. The van der Waals surface area contributed by atoms with Gasteiger partial charge in [0.1, 0.15) is 0 Å². The van der Waals surface area contributed by atoms with Gasteiger partial charge in [0, 0.05) is 30.5 Å². The van der Waals surface area contributed by atoms with Crippen LogP contribution in [0.2, 0.25) is 0 Å². The number of fused-ring (bicyclic) bond motifs is 1. The standard InChI is InChI=1S/C16H20N2O/c1-2-3-8-16(19)17-12-11-14-10-9-13-6-4-5-7-15(13)18-14/h4-7,9-10H,2-3,8,11-12H2,1H3,(H,17,19). The van der Waals surface area contributed by atoms with Gasteiger partial charge in [0.15, 0.2) is 0 Å². The van der Waals surface area contributed by atoms with Crippen molar-refractivity contribution in [1.29, 1.82) is 0 Å². The fourth-order valence-corrected chi connectivity index (χ4v) is 2.00. The van der Waals surface area contributed by atoms with Gasteiger partial charge in [-0.05, 0) is 18.6 Å². The third-order valence-electron chi connectivity index (χ3n) is 3.12. The largest absolute Gasteiger partial charge is 0.356 e. The van der Waals surface area contributed by atoms with Gasteiger partial charge in [-0.1, -0.05) is 37.6 Å². The topological polar surface area (TPSA) is 42.0 Å². The van der Waals surface area contributed by atoms with Crippen LogP contribution in [0, 0.1) is 0 Å². The number of rotatable bonds is 6. The monoisotopic (exact) mass is 256 g/mol. The summed E-state index contributed by atoms with van der Waals surface area (Å²) >= 11 is 0. The number of nitrogens with zero attached hydrogens (tertiary/aromatic N) is 1. The van der Waals surface area contributed by atoms with Crippen LogP contribution < -0.4 is 5.32 Å². The Morgan fingerprint density at radius 1 is 1.21 bits per heavy atom. The van der Waals surface area contributed by atoms with Gasteiger partial charge < -0.3 is 5.32 Å². The second kappa shape index (κ2) is 6.88. The van der Waals surface area contributed by atoms with Gasteiger partial charge in [-0.2, -0.15) is 0 Å². The Hall–Kier alpha value is -1.90. The fraction of sp³-hybridized carbons (Fsp3) is 0.375. The number of hydrogen-bond donors (Lipinski definition) is 1. The number of carbonyl (C=O) groups excluding carboxylic acids is 1. The zero-order valence-corrected chi connectivity index (χ0v) is 11.4. The third-order valence-corrected chi connectivity index (χ3v) is 3.12. The molecule has 0 atom stereocenters. The summed E-state index contributed by atoms with van der Waals surface area (Å²) in [4.78, 5) is 16.1. The lowest BCUT2D eigenvalue weighted by Gasteiger charge is -2.05. The lowest BCUT2D eigenvalue weighted by Crippen LogP contribution is -2.25. The molecule has 0 spiro atoms.